The fourth-order valence-corrected chi connectivity index (χ4v) is 6.33. The summed E-state index contributed by atoms with van der Waals surface area (Å²) in [4.78, 5) is 18.4. The number of nitrogens with zero attached hydrogens (tertiary/aromatic N) is 2. The molecule has 3 heteroatoms. The second-order valence-corrected chi connectivity index (χ2v) is 10.7. The molecule has 0 atom stereocenters. The molecule has 1 aromatic heterocycles. The average molecular weight is 543 g/mol. The Hall–Kier alpha value is -5.28. The molecule has 1 heterocycles. The first kappa shape index (κ1) is 25.7. The Bertz CT molecular complexity index is 1790. The summed E-state index contributed by atoms with van der Waals surface area (Å²) in [5.74, 6) is 0.119. The van der Waals surface area contributed by atoms with Crippen LogP contribution in [0.25, 0.3) is 17.3 Å². The molecule has 0 fully saturated rings. The summed E-state index contributed by atoms with van der Waals surface area (Å²) in [6.07, 6.45) is 7.75. The van der Waals surface area contributed by atoms with Gasteiger partial charge in [0.25, 0.3) is 0 Å². The number of benzene rings is 5. The first-order chi connectivity index (χ1) is 20.7. The van der Waals surface area contributed by atoms with Gasteiger partial charge in [-0.1, -0.05) is 140 Å². The molecule has 0 saturated heterocycles. The zero-order valence-electron chi connectivity index (χ0n) is 23.2. The molecule has 7 rings (SSSR count). The third kappa shape index (κ3) is 4.40. The lowest BCUT2D eigenvalue weighted by Gasteiger charge is -2.37. The number of aryl methyl sites for hydroxylation is 1. The third-order valence-corrected chi connectivity index (χ3v) is 8.33. The van der Waals surface area contributed by atoms with Crippen LogP contribution < -0.4 is 0 Å². The molecule has 1 aliphatic carbocycles. The van der Waals surface area contributed by atoms with Crippen molar-refractivity contribution in [3.63, 3.8) is 0 Å². The van der Waals surface area contributed by atoms with Crippen molar-refractivity contribution in [2.45, 2.75) is 18.4 Å². The molecule has 1 aliphatic rings. The van der Waals surface area contributed by atoms with E-state index >= 15 is 0 Å². The van der Waals surface area contributed by atoms with E-state index in [1.165, 1.54) is 0 Å². The number of rotatable bonds is 6. The van der Waals surface area contributed by atoms with E-state index in [0.717, 1.165) is 63.1 Å². The maximum Gasteiger partial charge on any atom is 0.189 e. The standard InChI is InChI=1S/C39H30N2O/c42-38-31(25-24-29-14-10-13-23-36(29)38)26-30-15-11-12-22-35(30)37-27-41(28-40-37)39(32-16-4-1-5-17-32,33-18-6-2-7-19-33)34-20-8-3-9-21-34/h1-23,26-28H,24-25H2/b31-26+. The second-order valence-electron chi connectivity index (χ2n) is 10.7. The van der Waals surface area contributed by atoms with E-state index in [4.69, 9.17) is 4.98 Å². The number of Topliss-reactive ketones (excluding diaryl/α,β-unsaturated/α-hetero) is 1. The van der Waals surface area contributed by atoms with Crippen LogP contribution in [0.2, 0.25) is 0 Å². The van der Waals surface area contributed by atoms with Gasteiger partial charge < -0.3 is 4.57 Å². The van der Waals surface area contributed by atoms with Crippen molar-refractivity contribution < 1.29 is 4.79 Å². The fraction of sp³-hybridized carbons (Fsp3) is 0.0769. The molecule has 0 unspecified atom stereocenters. The van der Waals surface area contributed by atoms with Crippen molar-refractivity contribution in [1.82, 2.24) is 9.55 Å². The molecule has 202 valence electrons. The van der Waals surface area contributed by atoms with Crippen LogP contribution in [-0.2, 0) is 12.0 Å². The van der Waals surface area contributed by atoms with Crippen molar-refractivity contribution in [1.29, 1.82) is 0 Å². The summed E-state index contributed by atoms with van der Waals surface area (Å²) in [6.45, 7) is 0. The van der Waals surface area contributed by atoms with Gasteiger partial charge in [-0.05, 0) is 46.7 Å². The summed E-state index contributed by atoms with van der Waals surface area (Å²) >= 11 is 0. The topological polar surface area (TPSA) is 34.9 Å². The highest BCUT2D eigenvalue weighted by atomic mass is 16.1. The Kier molecular flexibility index (Phi) is 6.69. The van der Waals surface area contributed by atoms with Gasteiger partial charge in [-0.15, -0.1) is 0 Å². The van der Waals surface area contributed by atoms with Gasteiger partial charge >= 0.3 is 0 Å². The summed E-state index contributed by atoms with van der Waals surface area (Å²) < 4.78 is 2.23. The summed E-state index contributed by atoms with van der Waals surface area (Å²) in [6, 6.07) is 48.0. The molecule has 0 saturated carbocycles. The van der Waals surface area contributed by atoms with Crippen LogP contribution in [0.1, 0.15) is 44.6 Å². The van der Waals surface area contributed by atoms with Crippen LogP contribution in [0.15, 0.2) is 158 Å². The van der Waals surface area contributed by atoms with Crippen molar-refractivity contribution in [3.8, 4) is 11.3 Å². The van der Waals surface area contributed by atoms with Crippen LogP contribution >= 0.6 is 0 Å². The fourth-order valence-electron chi connectivity index (χ4n) is 6.33. The van der Waals surface area contributed by atoms with Crippen molar-refractivity contribution in [2.75, 3.05) is 0 Å². The first-order valence-electron chi connectivity index (χ1n) is 14.4. The zero-order chi connectivity index (χ0) is 28.4. The number of aromatic nitrogens is 2. The number of carbonyl (C=O) groups is 1. The minimum atomic E-state index is -0.633. The van der Waals surface area contributed by atoms with E-state index in [2.05, 4.69) is 126 Å². The minimum absolute atomic E-state index is 0.119. The Morgan fingerprint density at radius 1 is 0.595 bits per heavy atom. The number of hydrogen-bond donors (Lipinski definition) is 0. The van der Waals surface area contributed by atoms with E-state index in [9.17, 15) is 4.79 Å². The SMILES string of the molecule is O=C1/C(=C/c2ccccc2-c2cn(C(c3ccccc3)(c3ccccc3)c3ccccc3)cn2)CCc2ccccc21. The van der Waals surface area contributed by atoms with Gasteiger partial charge in [0, 0.05) is 22.9 Å². The number of ketones is 1. The van der Waals surface area contributed by atoms with Crippen LogP contribution in [0, 0.1) is 0 Å². The molecular weight excluding hydrogens is 512 g/mol. The Morgan fingerprint density at radius 3 is 1.74 bits per heavy atom. The third-order valence-electron chi connectivity index (χ3n) is 8.33. The van der Waals surface area contributed by atoms with Crippen LogP contribution in [0.3, 0.4) is 0 Å². The van der Waals surface area contributed by atoms with Crippen LogP contribution in [-0.4, -0.2) is 15.3 Å². The minimum Gasteiger partial charge on any atom is -0.318 e. The highest BCUT2D eigenvalue weighted by molar-refractivity contribution is 6.13. The molecule has 0 amide bonds. The van der Waals surface area contributed by atoms with Gasteiger partial charge in [-0.25, -0.2) is 4.98 Å². The van der Waals surface area contributed by atoms with E-state index in [0.29, 0.717) is 0 Å². The second kappa shape index (κ2) is 10.9. The summed E-state index contributed by atoms with van der Waals surface area (Å²) in [7, 11) is 0. The first-order valence-corrected chi connectivity index (χ1v) is 14.4. The number of hydrogen-bond acceptors (Lipinski definition) is 2. The number of allylic oxidation sites excluding steroid dienone is 1. The largest absolute Gasteiger partial charge is 0.318 e. The number of fused-ring (bicyclic) bond motifs is 1. The molecule has 5 aromatic carbocycles. The predicted octanol–water partition coefficient (Wildman–Crippen LogP) is 8.60. The van der Waals surface area contributed by atoms with E-state index in [-0.39, 0.29) is 5.78 Å². The molecule has 42 heavy (non-hydrogen) atoms. The Balaban J connectivity index is 1.38. The molecule has 6 aromatic rings. The molecule has 0 radical (unpaired) electrons. The quantitative estimate of drug-likeness (QED) is 0.156. The van der Waals surface area contributed by atoms with Gasteiger partial charge in [0.2, 0.25) is 0 Å². The zero-order valence-corrected chi connectivity index (χ0v) is 23.2. The van der Waals surface area contributed by atoms with Gasteiger partial charge in [0.15, 0.2) is 5.78 Å². The monoisotopic (exact) mass is 542 g/mol. The van der Waals surface area contributed by atoms with Gasteiger partial charge in [-0.2, -0.15) is 0 Å². The Morgan fingerprint density at radius 2 is 1.12 bits per heavy atom. The Labute approximate surface area is 246 Å². The molecule has 0 bridgehead atoms. The van der Waals surface area contributed by atoms with Crippen LogP contribution in [0.4, 0.5) is 0 Å². The lowest BCUT2D eigenvalue weighted by atomic mass is 9.77. The van der Waals surface area contributed by atoms with E-state index in [1.54, 1.807) is 0 Å². The predicted molar refractivity (Wildman–Crippen MR) is 169 cm³/mol. The summed E-state index contributed by atoms with van der Waals surface area (Å²) in [5.41, 5.74) is 8.45. The number of imidazole rings is 1. The maximum absolute atomic E-state index is 13.4. The van der Waals surface area contributed by atoms with Crippen molar-refractivity contribution in [3.05, 3.63) is 191 Å². The molecule has 0 N–H and O–H groups in total. The molecule has 0 aliphatic heterocycles. The van der Waals surface area contributed by atoms with Crippen LogP contribution in [0.5, 0.6) is 0 Å². The highest BCUT2D eigenvalue weighted by Gasteiger charge is 2.38. The molecule has 0 spiro atoms. The average Bonchev–Trinajstić information content (AvgIpc) is 3.55. The van der Waals surface area contributed by atoms with Crippen molar-refractivity contribution in [2.24, 2.45) is 0 Å². The van der Waals surface area contributed by atoms with E-state index in [1.807, 2.05) is 36.7 Å². The van der Waals surface area contributed by atoms with Crippen molar-refractivity contribution >= 4 is 11.9 Å². The van der Waals surface area contributed by atoms with Gasteiger partial charge in [0.05, 0.1) is 12.0 Å². The smallest absolute Gasteiger partial charge is 0.189 e. The maximum atomic E-state index is 13.4. The highest BCUT2D eigenvalue weighted by Crippen LogP contribution is 2.41. The molecular formula is C39H30N2O. The summed E-state index contributed by atoms with van der Waals surface area (Å²) in [5, 5.41) is 0. The lowest BCUT2D eigenvalue weighted by Crippen LogP contribution is -2.36. The van der Waals surface area contributed by atoms with Gasteiger partial charge in [-0.3, -0.25) is 4.79 Å². The lowest BCUT2D eigenvalue weighted by molar-refractivity contribution is 0.102. The van der Waals surface area contributed by atoms with Gasteiger partial charge in [0.1, 0.15) is 5.54 Å². The number of carbonyl (C=O) groups excluding carboxylic acids is 1. The molecule has 3 nitrogen and oxygen atoms in total. The normalized spacial score (nSPS) is 14.1. The van der Waals surface area contributed by atoms with E-state index < -0.39 is 5.54 Å².